The lowest BCUT2D eigenvalue weighted by atomic mass is 9.90. The molecule has 3 heteroatoms. The van der Waals surface area contributed by atoms with Gasteiger partial charge in [0.25, 0.3) is 0 Å². The van der Waals surface area contributed by atoms with E-state index in [1.54, 1.807) is 0 Å². The molecule has 0 spiro atoms. The molecule has 2 fully saturated rings. The molecule has 3 nitrogen and oxygen atoms in total. The Morgan fingerprint density at radius 1 is 1.29 bits per heavy atom. The highest BCUT2D eigenvalue weighted by molar-refractivity contribution is 4.98. The maximum atomic E-state index is 5.88. The summed E-state index contributed by atoms with van der Waals surface area (Å²) < 4.78 is 0. The van der Waals surface area contributed by atoms with Gasteiger partial charge in [-0.15, -0.1) is 0 Å². The minimum atomic E-state index is 0.210. The number of hydrogen-bond acceptors (Lipinski definition) is 3. The van der Waals surface area contributed by atoms with Gasteiger partial charge >= 0.3 is 0 Å². The predicted octanol–water partition coefficient (Wildman–Crippen LogP) is 0.599. The normalized spacial score (nSPS) is 34.9. The molecule has 0 aromatic rings. The van der Waals surface area contributed by atoms with E-state index >= 15 is 0 Å². The number of rotatable bonds is 3. The van der Waals surface area contributed by atoms with Crippen molar-refractivity contribution >= 4 is 0 Å². The van der Waals surface area contributed by atoms with Crippen molar-refractivity contribution in [3.63, 3.8) is 0 Å². The summed E-state index contributed by atoms with van der Waals surface area (Å²) in [6.07, 6.45) is 8.10. The van der Waals surface area contributed by atoms with Crippen LogP contribution in [-0.2, 0) is 0 Å². The second-order valence-corrected chi connectivity index (χ2v) is 4.89. The van der Waals surface area contributed by atoms with Crippen LogP contribution in [0.25, 0.3) is 0 Å². The van der Waals surface area contributed by atoms with Crippen molar-refractivity contribution in [2.24, 2.45) is 5.73 Å². The molecule has 0 amide bonds. The fourth-order valence-corrected chi connectivity index (χ4v) is 2.78. The fraction of sp³-hybridized carbons (Fsp3) is 1.00. The van der Waals surface area contributed by atoms with E-state index in [0.717, 1.165) is 25.7 Å². The van der Waals surface area contributed by atoms with Crippen LogP contribution in [0.1, 0.15) is 38.5 Å². The third-order valence-corrected chi connectivity index (χ3v) is 3.75. The molecule has 1 atom stereocenters. The van der Waals surface area contributed by atoms with Gasteiger partial charge in [0, 0.05) is 24.7 Å². The van der Waals surface area contributed by atoms with Crippen LogP contribution in [0, 0.1) is 0 Å². The topological polar surface area (TPSA) is 50.1 Å². The molecular weight excluding hydrogens is 174 g/mol. The van der Waals surface area contributed by atoms with E-state index < -0.39 is 0 Å². The van der Waals surface area contributed by atoms with Crippen LogP contribution in [0.3, 0.4) is 0 Å². The van der Waals surface area contributed by atoms with E-state index in [9.17, 15) is 0 Å². The van der Waals surface area contributed by atoms with Crippen molar-refractivity contribution in [2.45, 2.75) is 50.1 Å². The van der Waals surface area contributed by atoms with Gasteiger partial charge in [-0.3, -0.25) is 0 Å². The first kappa shape index (κ1) is 10.4. The third kappa shape index (κ3) is 2.27. The molecule has 0 aromatic heterocycles. The minimum Gasteiger partial charge on any atom is -0.329 e. The Hall–Kier alpha value is -0.120. The summed E-state index contributed by atoms with van der Waals surface area (Å²) in [7, 11) is 0. The van der Waals surface area contributed by atoms with Gasteiger partial charge < -0.3 is 16.4 Å². The number of nitrogens with one attached hydrogen (secondary N) is 2. The first-order valence-electron chi connectivity index (χ1n) is 6.03. The van der Waals surface area contributed by atoms with Crippen LogP contribution in [0.15, 0.2) is 0 Å². The summed E-state index contributed by atoms with van der Waals surface area (Å²) in [6, 6.07) is 0.729. The van der Waals surface area contributed by atoms with E-state index in [1.807, 2.05) is 0 Å². The Kier molecular flexibility index (Phi) is 3.42. The van der Waals surface area contributed by atoms with Crippen LogP contribution >= 0.6 is 0 Å². The van der Waals surface area contributed by atoms with Gasteiger partial charge in [-0.25, -0.2) is 0 Å². The molecule has 14 heavy (non-hydrogen) atoms. The van der Waals surface area contributed by atoms with Crippen LogP contribution in [0.2, 0.25) is 0 Å². The van der Waals surface area contributed by atoms with E-state index in [-0.39, 0.29) is 5.54 Å². The lowest BCUT2D eigenvalue weighted by Gasteiger charge is -2.35. The zero-order chi connectivity index (χ0) is 9.86. The number of nitrogens with two attached hydrogens (primary N) is 1. The zero-order valence-corrected chi connectivity index (χ0v) is 9.02. The molecule has 1 unspecified atom stereocenters. The molecule has 82 valence electrons. The molecule has 0 bridgehead atoms. The summed E-state index contributed by atoms with van der Waals surface area (Å²) in [4.78, 5) is 0. The molecule has 1 saturated carbocycles. The molecule has 1 saturated heterocycles. The van der Waals surface area contributed by atoms with Crippen molar-refractivity contribution in [2.75, 3.05) is 19.6 Å². The summed E-state index contributed by atoms with van der Waals surface area (Å²) in [6.45, 7) is 2.95. The van der Waals surface area contributed by atoms with Gasteiger partial charge in [0.05, 0.1) is 0 Å². The molecule has 4 N–H and O–H groups in total. The van der Waals surface area contributed by atoms with E-state index in [2.05, 4.69) is 10.6 Å². The lowest BCUT2D eigenvalue weighted by molar-refractivity contribution is 0.267. The molecule has 2 rings (SSSR count). The Labute approximate surface area is 86.8 Å². The van der Waals surface area contributed by atoms with Gasteiger partial charge in [-0.05, 0) is 25.8 Å². The van der Waals surface area contributed by atoms with Gasteiger partial charge in [0.15, 0.2) is 0 Å². The van der Waals surface area contributed by atoms with Crippen molar-refractivity contribution in [1.82, 2.24) is 10.6 Å². The SMILES string of the molecule is NCC1(NC2CCCCC2)CCNC1. The first-order chi connectivity index (χ1) is 6.85. The molecule has 1 aliphatic carbocycles. The van der Waals surface area contributed by atoms with Crippen LogP contribution < -0.4 is 16.4 Å². The Balaban J connectivity index is 1.86. The molecule has 1 heterocycles. The van der Waals surface area contributed by atoms with Crippen molar-refractivity contribution < 1.29 is 0 Å². The van der Waals surface area contributed by atoms with E-state index in [1.165, 1.54) is 38.5 Å². The van der Waals surface area contributed by atoms with E-state index in [0.29, 0.717) is 0 Å². The van der Waals surface area contributed by atoms with Crippen LogP contribution in [-0.4, -0.2) is 31.2 Å². The second-order valence-electron chi connectivity index (χ2n) is 4.89. The summed E-state index contributed by atoms with van der Waals surface area (Å²) in [5, 5.41) is 7.20. The van der Waals surface area contributed by atoms with Gasteiger partial charge in [-0.2, -0.15) is 0 Å². The molecular formula is C11H23N3. The fourth-order valence-electron chi connectivity index (χ4n) is 2.78. The maximum absolute atomic E-state index is 5.88. The minimum absolute atomic E-state index is 0.210. The third-order valence-electron chi connectivity index (χ3n) is 3.75. The maximum Gasteiger partial charge on any atom is 0.0444 e. The Morgan fingerprint density at radius 3 is 2.64 bits per heavy atom. The van der Waals surface area contributed by atoms with E-state index in [4.69, 9.17) is 5.73 Å². The highest BCUT2D eigenvalue weighted by Gasteiger charge is 2.34. The summed E-state index contributed by atoms with van der Waals surface area (Å²) in [5.41, 5.74) is 6.09. The molecule has 2 aliphatic rings. The van der Waals surface area contributed by atoms with Crippen molar-refractivity contribution in [1.29, 1.82) is 0 Å². The van der Waals surface area contributed by atoms with Crippen LogP contribution in [0.4, 0.5) is 0 Å². The Bertz CT molecular complexity index is 169. The Morgan fingerprint density at radius 2 is 2.07 bits per heavy atom. The van der Waals surface area contributed by atoms with Gasteiger partial charge in [0.1, 0.15) is 0 Å². The monoisotopic (exact) mass is 197 g/mol. The summed E-state index contributed by atoms with van der Waals surface area (Å²) >= 11 is 0. The molecule has 1 aliphatic heterocycles. The van der Waals surface area contributed by atoms with Gasteiger partial charge in [-0.1, -0.05) is 19.3 Å². The first-order valence-corrected chi connectivity index (χ1v) is 6.03. The predicted molar refractivity (Wildman–Crippen MR) is 59.3 cm³/mol. The summed E-state index contributed by atoms with van der Waals surface area (Å²) in [5.74, 6) is 0. The lowest BCUT2D eigenvalue weighted by Crippen LogP contribution is -2.56. The molecule has 0 aromatic carbocycles. The molecule has 0 radical (unpaired) electrons. The average molecular weight is 197 g/mol. The quantitative estimate of drug-likeness (QED) is 0.621. The highest BCUT2D eigenvalue weighted by atomic mass is 15.1. The number of hydrogen-bond donors (Lipinski definition) is 3. The zero-order valence-electron chi connectivity index (χ0n) is 9.02. The smallest absolute Gasteiger partial charge is 0.0444 e. The van der Waals surface area contributed by atoms with Crippen molar-refractivity contribution in [3.05, 3.63) is 0 Å². The standard InChI is InChI=1S/C11H23N3/c12-8-11(6-7-13-9-11)14-10-4-2-1-3-5-10/h10,13-14H,1-9,12H2. The average Bonchev–Trinajstić information content (AvgIpc) is 2.69. The largest absolute Gasteiger partial charge is 0.329 e. The van der Waals surface area contributed by atoms with Crippen molar-refractivity contribution in [3.8, 4) is 0 Å². The van der Waals surface area contributed by atoms with Crippen LogP contribution in [0.5, 0.6) is 0 Å². The highest BCUT2D eigenvalue weighted by Crippen LogP contribution is 2.22. The van der Waals surface area contributed by atoms with Gasteiger partial charge in [0.2, 0.25) is 0 Å². The second kappa shape index (κ2) is 4.60.